The first-order valence-electron chi connectivity index (χ1n) is 12.1. The summed E-state index contributed by atoms with van der Waals surface area (Å²) >= 11 is 0. The van der Waals surface area contributed by atoms with Gasteiger partial charge in [-0.3, -0.25) is 0 Å². The van der Waals surface area contributed by atoms with Gasteiger partial charge in [-0.15, -0.1) is 0 Å². The number of benzene rings is 2. The molecule has 4 rings (SSSR count). The van der Waals surface area contributed by atoms with Crippen molar-refractivity contribution >= 4 is 5.97 Å². The molecule has 2 aliphatic rings. The Kier molecular flexibility index (Phi) is 9.31. The van der Waals surface area contributed by atoms with E-state index >= 15 is 0 Å². The van der Waals surface area contributed by atoms with E-state index in [4.69, 9.17) is 28.8 Å². The van der Waals surface area contributed by atoms with E-state index in [1.165, 1.54) is 12.1 Å². The van der Waals surface area contributed by atoms with Crippen LogP contribution < -0.4 is 4.74 Å². The predicted molar refractivity (Wildman–Crippen MR) is 128 cm³/mol. The zero-order valence-electron chi connectivity index (χ0n) is 20.4. The van der Waals surface area contributed by atoms with Gasteiger partial charge in [0.2, 0.25) is 6.29 Å². The first kappa shape index (κ1) is 28.4. The van der Waals surface area contributed by atoms with Crippen molar-refractivity contribution in [3.05, 3.63) is 65.7 Å². The first-order chi connectivity index (χ1) is 18.3. The molecule has 0 aliphatic carbocycles. The van der Waals surface area contributed by atoms with Crippen molar-refractivity contribution in [2.45, 2.75) is 55.1 Å². The summed E-state index contributed by atoms with van der Waals surface area (Å²) in [5.41, 5.74) is -0.895. The van der Waals surface area contributed by atoms with E-state index in [-0.39, 0.29) is 12.2 Å². The maximum Gasteiger partial charge on any atom is 0.338 e. The minimum Gasteiger partial charge on any atom is -0.462 e. The Bertz CT molecular complexity index is 1030. The predicted octanol–water partition coefficient (Wildman–Crippen LogP) is -1.27. The van der Waals surface area contributed by atoms with Crippen LogP contribution in [-0.2, 0) is 25.4 Å². The first-order valence-corrected chi connectivity index (χ1v) is 12.1. The summed E-state index contributed by atoms with van der Waals surface area (Å²) in [4.78, 5) is 12.2. The second-order valence-corrected chi connectivity index (χ2v) is 9.21. The average molecular weight is 537 g/mol. The molecule has 2 aromatic rings. The molecule has 0 spiro atoms. The summed E-state index contributed by atoms with van der Waals surface area (Å²) in [7, 11) is 0. The highest BCUT2D eigenvalue weighted by molar-refractivity contribution is 5.89. The van der Waals surface area contributed by atoms with Gasteiger partial charge in [0.15, 0.2) is 18.0 Å². The largest absolute Gasteiger partial charge is 0.462 e. The Morgan fingerprint density at radius 2 is 1.68 bits per heavy atom. The second-order valence-electron chi connectivity index (χ2n) is 9.21. The van der Waals surface area contributed by atoms with Crippen molar-refractivity contribution in [2.75, 3.05) is 26.4 Å². The van der Waals surface area contributed by atoms with Gasteiger partial charge in [0.05, 0.1) is 18.8 Å². The molecule has 8 unspecified atom stereocenters. The van der Waals surface area contributed by atoms with Gasteiger partial charge in [0.25, 0.3) is 0 Å². The molecule has 2 aromatic carbocycles. The van der Waals surface area contributed by atoms with E-state index in [1.807, 2.05) is 0 Å². The molecular weight excluding hydrogens is 504 g/mol. The van der Waals surface area contributed by atoms with Crippen LogP contribution >= 0.6 is 0 Å². The van der Waals surface area contributed by atoms with E-state index in [9.17, 15) is 30.3 Å². The number of rotatable bonds is 10. The number of hydrogen-bond donors (Lipinski definition) is 6. The van der Waals surface area contributed by atoms with E-state index in [0.717, 1.165) is 5.56 Å². The fraction of sp³-hybridized carbons (Fsp3) is 0.500. The molecule has 0 radical (unpaired) electrons. The third-order valence-electron chi connectivity index (χ3n) is 6.46. The van der Waals surface area contributed by atoms with E-state index < -0.39 is 74.5 Å². The summed E-state index contributed by atoms with van der Waals surface area (Å²) in [5.74, 6) is -0.397. The molecular formula is C26H32O12. The molecule has 2 aliphatic heterocycles. The Morgan fingerprint density at radius 1 is 0.974 bits per heavy atom. The normalized spacial score (nSPS) is 33.2. The van der Waals surface area contributed by atoms with Crippen molar-refractivity contribution < 1.29 is 59.1 Å². The van der Waals surface area contributed by atoms with Crippen LogP contribution in [0, 0.1) is 0 Å². The molecule has 12 heteroatoms. The molecule has 8 atom stereocenters. The minimum atomic E-state index is -2.01. The summed E-state index contributed by atoms with van der Waals surface area (Å²) < 4.78 is 27.7. The van der Waals surface area contributed by atoms with Gasteiger partial charge in [0.1, 0.15) is 36.8 Å². The van der Waals surface area contributed by atoms with Crippen molar-refractivity contribution in [3.63, 3.8) is 0 Å². The van der Waals surface area contributed by atoms with Crippen LogP contribution in [0.1, 0.15) is 15.9 Å². The number of esters is 1. The van der Waals surface area contributed by atoms with Crippen molar-refractivity contribution in [1.82, 2.24) is 0 Å². The molecule has 2 fully saturated rings. The standard InChI is InChI=1S/C26H32O12/c27-11-10-15-6-8-17(9-7-15)36-24-21(20(30)19(29)18(12-28)37-24)38-25-22(31)26(33,14-35-25)13-34-23(32)16-4-2-1-3-5-16/h1-9,18-22,24-25,27-31,33H,10-14H2. The maximum atomic E-state index is 12.2. The second kappa shape index (κ2) is 12.5. The highest BCUT2D eigenvalue weighted by atomic mass is 16.8. The maximum absolute atomic E-state index is 12.2. The quantitative estimate of drug-likeness (QED) is 0.198. The van der Waals surface area contributed by atoms with Gasteiger partial charge in [0, 0.05) is 6.61 Å². The molecule has 38 heavy (non-hydrogen) atoms. The lowest BCUT2D eigenvalue weighted by Gasteiger charge is -2.42. The average Bonchev–Trinajstić information content (AvgIpc) is 3.21. The number of hydrogen-bond acceptors (Lipinski definition) is 12. The van der Waals surface area contributed by atoms with E-state index in [1.54, 1.807) is 42.5 Å². The van der Waals surface area contributed by atoms with Gasteiger partial charge in [-0.1, -0.05) is 30.3 Å². The molecule has 0 bridgehead atoms. The zero-order valence-corrected chi connectivity index (χ0v) is 20.4. The highest BCUT2D eigenvalue weighted by Gasteiger charge is 2.54. The highest BCUT2D eigenvalue weighted by Crippen LogP contribution is 2.32. The molecule has 6 N–H and O–H groups in total. The summed E-state index contributed by atoms with van der Waals surface area (Å²) in [6, 6.07) is 14.8. The molecule has 0 aromatic heterocycles. The monoisotopic (exact) mass is 536 g/mol. The SMILES string of the molecule is O=C(OCC1(O)COC(OC2C(Oc3ccc(CCO)cc3)OC(CO)C(O)C2O)C1O)c1ccccc1. The summed E-state index contributed by atoms with van der Waals surface area (Å²) in [5, 5.41) is 61.4. The fourth-order valence-electron chi connectivity index (χ4n) is 4.19. The van der Waals surface area contributed by atoms with Gasteiger partial charge in [-0.25, -0.2) is 4.79 Å². The fourth-order valence-corrected chi connectivity index (χ4v) is 4.19. The van der Waals surface area contributed by atoms with Gasteiger partial charge in [-0.05, 0) is 36.2 Å². The van der Waals surface area contributed by atoms with Crippen LogP contribution in [0.3, 0.4) is 0 Å². The Balaban J connectivity index is 1.43. The Morgan fingerprint density at radius 3 is 2.34 bits per heavy atom. The molecule has 2 saturated heterocycles. The van der Waals surface area contributed by atoms with Crippen LogP contribution in [0.15, 0.2) is 54.6 Å². The number of carbonyl (C=O) groups is 1. The zero-order chi connectivity index (χ0) is 27.3. The van der Waals surface area contributed by atoms with Gasteiger partial charge < -0.3 is 54.3 Å². The third kappa shape index (κ3) is 6.31. The van der Waals surface area contributed by atoms with Crippen LogP contribution in [0.5, 0.6) is 5.75 Å². The van der Waals surface area contributed by atoms with E-state index in [0.29, 0.717) is 12.2 Å². The lowest BCUT2D eigenvalue weighted by atomic mass is 9.98. The smallest absolute Gasteiger partial charge is 0.338 e. The topological polar surface area (TPSA) is 185 Å². The lowest BCUT2D eigenvalue weighted by molar-refractivity contribution is -0.318. The molecule has 0 saturated carbocycles. The third-order valence-corrected chi connectivity index (χ3v) is 6.46. The number of carbonyl (C=O) groups excluding carboxylic acids is 1. The van der Waals surface area contributed by atoms with Crippen molar-refractivity contribution in [2.24, 2.45) is 0 Å². The molecule has 2 heterocycles. The van der Waals surface area contributed by atoms with Gasteiger partial charge >= 0.3 is 5.97 Å². The van der Waals surface area contributed by atoms with E-state index in [2.05, 4.69) is 0 Å². The molecule has 208 valence electrons. The van der Waals surface area contributed by atoms with Crippen LogP contribution in [-0.4, -0.2) is 112 Å². The molecule has 12 nitrogen and oxygen atoms in total. The summed E-state index contributed by atoms with van der Waals surface area (Å²) in [6.07, 6.45) is -9.90. The number of ether oxygens (including phenoxy) is 5. The molecule has 0 amide bonds. The van der Waals surface area contributed by atoms with Crippen LogP contribution in [0.25, 0.3) is 0 Å². The minimum absolute atomic E-state index is 0.0222. The van der Waals surface area contributed by atoms with Crippen LogP contribution in [0.4, 0.5) is 0 Å². The number of aliphatic hydroxyl groups excluding tert-OH is 5. The lowest BCUT2D eigenvalue weighted by Crippen LogP contribution is -2.62. The van der Waals surface area contributed by atoms with Crippen molar-refractivity contribution in [3.8, 4) is 5.75 Å². The number of aliphatic hydroxyl groups is 6. The van der Waals surface area contributed by atoms with Gasteiger partial charge in [-0.2, -0.15) is 0 Å². The van der Waals surface area contributed by atoms with Crippen LogP contribution in [0.2, 0.25) is 0 Å². The summed E-state index contributed by atoms with van der Waals surface area (Å²) in [6.45, 7) is -1.69. The Labute approximate surface area is 218 Å². The van der Waals surface area contributed by atoms with Crippen molar-refractivity contribution in [1.29, 1.82) is 0 Å². The Hall–Kier alpha value is -2.65.